The number of nitrogens with zero attached hydrogens (tertiary/aromatic N) is 2. The van der Waals surface area contributed by atoms with Crippen LogP contribution in [0.1, 0.15) is 25.8 Å². The molecule has 0 bridgehead atoms. The van der Waals surface area contributed by atoms with Crippen LogP contribution < -0.4 is 14.4 Å². The summed E-state index contributed by atoms with van der Waals surface area (Å²) in [6.45, 7) is 3.76. The number of sulfonamides is 1. The number of methoxy groups -OCH3 is 1. The first-order chi connectivity index (χ1) is 18.7. The molecule has 0 spiro atoms. The van der Waals surface area contributed by atoms with E-state index in [1.807, 2.05) is 37.3 Å². The number of hydrogen-bond acceptors (Lipinski definition) is 5. The smallest absolute Gasteiger partial charge is 0.264 e. The van der Waals surface area contributed by atoms with Crippen molar-refractivity contribution >= 4 is 39.1 Å². The average molecular weight is 572 g/mol. The predicted molar refractivity (Wildman–Crippen MR) is 154 cm³/mol. The number of hydrogen-bond donors (Lipinski definition) is 1. The zero-order chi connectivity index (χ0) is 28.4. The van der Waals surface area contributed by atoms with Gasteiger partial charge < -0.3 is 15.0 Å². The molecule has 0 saturated carbocycles. The lowest BCUT2D eigenvalue weighted by Crippen LogP contribution is -2.52. The van der Waals surface area contributed by atoms with Crippen LogP contribution in [-0.4, -0.2) is 57.9 Å². The number of benzene rings is 3. The molecule has 3 rings (SSSR count). The van der Waals surface area contributed by atoms with Gasteiger partial charge >= 0.3 is 0 Å². The Hall–Kier alpha value is -3.56. The Kier molecular flexibility index (Phi) is 10.8. The number of amides is 2. The van der Waals surface area contributed by atoms with Gasteiger partial charge in [0, 0.05) is 13.1 Å². The van der Waals surface area contributed by atoms with E-state index in [0.29, 0.717) is 18.7 Å². The van der Waals surface area contributed by atoms with Crippen molar-refractivity contribution in [3.63, 3.8) is 0 Å². The van der Waals surface area contributed by atoms with Gasteiger partial charge in [0.15, 0.2) is 0 Å². The van der Waals surface area contributed by atoms with E-state index in [1.54, 1.807) is 31.2 Å². The summed E-state index contributed by atoms with van der Waals surface area (Å²) in [6, 6.07) is 21.2. The third-order valence-corrected chi connectivity index (χ3v) is 8.32. The van der Waals surface area contributed by atoms with Gasteiger partial charge in [-0.1, -0.05) is 67.1 Å². The van der Waals surface area contributed by atoms with E-state index in [0.717, 1.165) is 16.3 Å². The van der Waals surface area contributed by atoms with Crippen LogP contribution in [0.25, 0.3) is 0 Å². The van der Waals surface area contributed by atoms with Crippen LogP contribution in [0.5, 0.6) is 5.75 Å². The minimum atomic E-state index is -4.16. The van der Waals surface area contributed by atoms with Crippen LogP contribution in [0.4, 0.5) is 5.69 Å². The fourth-order valence-corrected chi connectivity index (χ4v) is 5.70. The standard InChI is InChI=1S/C29H34ClN3O5S/c1-4-18-31-29(35)22(2)32(19-17-23-11-7-5-8-12-23)28(34)21-33(24-15-16-27(38-3)26(30)20-24)39(36,37)25-13-9-6-10-14-25/h5-16,20,22H,4,17-19,21H2,1-3H3,(H,31,35)/t22-/m1/s1. The summed E-state index contributed by atoms with van der Waals surface area (Å²) in [7, 11) is -2.70. The lowest BCUT2D eigenvalue weighted by Gasteiger charge is -2.32. The predicted octanol–water partition coefficient (Wildman–Crippen LogP) is 4.53. The maximum absolute atomic E-state index is 13.8. The number of halogens is 1. The maximum atomic E-state index is 13.8. The number of nitrogens with one attached hydrogen (secondary N) is 1. The summed E-state index contributed by atoms with van der Waals surface area (Å²) in [6.07, 6.45) is 1.25. The molecule has 0 aromatic heterocycles. The highest BCUT2D eigenvalue weighted by Gasteiger charge is 2.32. The van der Waals surface area contributed by atoms with Crippen LogP contribution in [0.2, 0.25) is 5.02 Å². The van der Waals surface area contributed by atoms with E-state index in [-0.39, 0.29) is 28.1 Å². The summed E-state index contributed by atoms with van der Waals surface area (Å²) >= 11 is 6.33. The first-order valence-corrected chi connectivity index (χ1v) is 14.5. The number of carbonyl (C=O) groups is 2. The number of anilines is 1. The van der Waals surface area contributed by atoms with Crippen LogP contribution in [0.15, 0.2) is 83.8 Å². The third kappa shape index (κ3) is 7.74. The van der Waals surface area contributed by atoms with Crippen LogP contribution >= 0.6 is 11.6 Å². The summed E-state index contributed by atoms with van der Waals surface area (Å²) in [4.78, 5) is 28.2. The largest absolute Gasteiger partial charge is 0.495 e. The van der Waals surface area contributed by atoms with Gasteiger partial charge in [0.25, 0.3) is 10.0 Å². The van der Waals surface area contributed by atoms with Crippen molar-refractivity contribution in [3.8, 4) is 5.75 Å². The molecule has 0 aliphatic carbocycles. The van der Waals surface area contributed by atoms with Gasteiger partial charge in [-0.3, -0.25) is 13.9 Å². The van der Waals surface area contributed by atoms with Crippen molar-refractivity contribution in [2.45, 2.75) is 37.6 Å². The van der Waals surface area contributed by atoms with Gasteiger partial charge in [0.2, 0.25) is 11.8 Å². The molecule has 3 aromatic rings. The van der Waals surface area contributed by atoms with Gasteiger partial charge in [0.1, 0.15) is 18.3 Å². The van der Waals surface area contributed by atoms with Gasteiger partial charge in [-0.15, -0.1) is 0 Å². The Bertz CT molecular complexity index is 1350. The van der Waals surface area contributed by atoms with Crippen molar-refractivity contribution < 1.29 is 22.7 Å². The molecule has 10 heteroatoms. The highest BCUT2D eigenvalue weighted by molar-refractivity contribution is 7.92. The fourth-order valence-electron chi connectivity index (χ4n) is 4.02. The van der Waals surface area contributed by atoms with Crippen LogP contribution in [0, 0.1) is 0 Å². The molecule has 208 valence electrons. The molecular weight excluding hydrogens is 538 g/mol. The minimum Gasteiger partial charge on any atom is -0.495 e. The number of carbonyl (C=O) groups excluding carboxylic acids is 2. The van der Waals surface area contributed by atoms with E-state index >= 15 is 0 Å². The molecule has 8 nitrogen and oxygen atoms in total. The Balaban J connectivity index is 1.99. The third-order valence-electron chi connectivity index (χ3n) is 6.23. The summed E-state index contributed by atoms with van der Waals surface area (Å²) in [5, 5.41) is 3.03. The van der Waals surface area contributed by atoms with Crippen molar-refractivity contribution in [2.75, 3.05) is 31.0 Å². The Morgan fingerprint density at radius 2 is 1.64 bits per heavy atom. The number of rotatable bonds is 13. The minimum absolute atomic E-state index is 0.0225. The lowest BCUT2D eigenvalue weighted by molar-refractivity contribution is -0.138. The van der Waals surface area contributed by atoms with E-state index in [2.05, 4.69) is 5.32 Å². The lowest BCUT2D eigenvalue weighted by atomic mass is 10.1. The summed E-state index contributed by atoms with van der Waals surface area (Å²) in [5.41, 5.74) is 1.19. The molecule has 0 fully saturated rings. The zero-order valence-corrected chi connectivity index (χ0v) is 23.9. The van der Waals surface area contributed by atoms with Gasteiger partial charge in [-0.05, 0) is 55.7 Å². The van der Waals surface area contributed by atoms with Crippen molar-refractivity contribution in [1.29, 1.82) is 0 Å². The highest BCUT2D eigenvalue weighted by Crippen LogP contribution is 2.32. The second-order valence-electron chi connectivity index (χ2n) is 8.93. The zero-order valence-electron chi connectivity index (χ0n) is 22.3. The summed E-state index contributed by atoms with van der Waals surface area (Å²) < 4.78 is 33.8. The maximum Gasteiger partial charge on any atom is 0.264 e. The van der Waals surface area contributed by atoms with E-state index in [4.69, 9.17) is 16.3 Å². The van der Waals surface area contributed by atoms with E-state index in [1.165, 1.54) is 36.3 Å². The molecule has 1 N–H and O–H groups in total. The van der Waals surface area contributed by atoms with Crippen molar-refractivity contribution in [3.05, 3.63) is 89.4 Å². The Morgan fingerprint density at radius 1 is 1.00 bits per heavy atom. The first-order valence-electron chi connectivity index (χ1n) is 12.7. The van der Waals surface area contributed by atoms with Crippen molar-refractivity contribution in [1.82, 2.24) is 10.2 Å². The van der Waals surface area contributed by atoms with Gasteiger partial charge in [0.05, 0.1) is 22.7 Å². The quantitative estimate of drug-likeness (QED) is 0.325. The Morgan fingerprint density at radius 3 is 2.23 bits per heavy atom. The van der Waals surface area contributed by atoms with Crippen LogP contribution in [0.3, 0.4) is 0 Å². The molecule has 0 heterocycles. The van der Waals surface area contributed by atoms with Gasteiger partial charge in [-0.2, -0.15) is 0 Å². The molecular formula is C29H34ClN3O5S. The highest BCUT2D eigenvalue weighted by atomic mass is 35.5. The second-order valence-corrected chi connectivity index (χ2v) is 11.2. The Labute approximate surface area is 235 Å². The van der Waals surface area contributed by atoms with E-state index < -0.39 is 28.5 Å². The molecule has 2 amide bonds. The SMILES string of the molecule is CCCNC(=O)[C@@H](C)N(CCc1ccccc1)C(=O)CN(c1ccc(OC)c(Cl)c1)S(=O)(=O)c1ccccc1. The second kappa shape index (κ2) is 14.0. The number of ether oxygens (including phenoxy) is 1. The topological polar surface area (TPSA) is 96.0 Å². The molecule has 0 radical (unpaired) electrons. The molecule has 0 aliphatic rings. The molecule has 39 heavy (non-hydrogen) atoms. The molecule has 3 aromatic carbocycles. The normalized spacial score (nSPS) is 11.9. The summed E-state index contributed by atoms with van der Waals surface area (Å²) in [5.74, 6) is -0.450. The molecule has 0 saturated heterocycles. The average Bonchev–Trinajstić information content (AvgIpc) is 2.95. The fraction of sp³-hybridized carbons (Fsp3) is 0.310. The van der Waals surface area contributed by atoms with E-state index in [9.17, 15) is 18.0 Å². The van der Waals surface area contributed by atoms with Crippen LogP contribution in [-0.2, 0) is 26.0 Å². The van der Waals surface area contributed by atoms with Crippen molar-refractivity contribution in [2.24, 2.45) is 0 Å². The van der Waals surface area contributed by atoms with Gasteiger partial charge in [-0.25, -0.2) is 8.42 Å². The monoisotopic (exact) mass is 571 g/mol. The molecule has 1 atom stereocenters. The molecule has 0 aliphatic heterocycles. The molecule has 0 unspecified atom stereocenters. The first kappa shape index (κ1) is 30.0.